The van der Waals surface area contributed by atoms with E-state index in [0.717, 1.165) is 0 Å². The molecule has 1 aromatic carbocycles. The zero-order chi connectivity index (χ0) is 18.3. The zero-order valence-electron chi connectivity index (χ0n) is 14.3. The van der Waals surface area contributed by atoms with Crippen LogP contribution >= 0.6 is 0 Å². The van der Waals surface area contributed by atoms with Crippen molar-refractivity contribution in [3.8, 4) is 23.2 Å². The number of hydrogen-bond donors (Lipinski definition) is 1. The monoisotopic (exact) mass is 345 g/mol. The van der Waals surface area contributed by atoms with Gasteiger partial charge in [0.2, 0.25) is 0 Å². The fourth-order valence-electron chi connectivity index (χ4n) is 3.02. The lowest BCUT2D eigenvalue weighted by molar-refractivity contribution is 0.341. The molecule has 0 unspecified atom stereocenters. The summed E-state index contributed by atoms with van der Waals surface area (Å²) in [5.41, 5.74) is 2.78. The Morgan fingerprint density at radius 2 is 2.04 bits per heavy atom. The molecule has 26 heavy (non-hydrogen) atoms. The van der Waals surface area contributed by atoms with Gasteiger partial charge in [-0.2, -0.15) is 5.26 Å². The summed E-state index contributed by atoms with van der Waals surface area (Å²) in [7, 11) is 0. The molecule has 3 aromatic heterocycles. The Labute approximate surface area is 148 Å². The topological polar surface area (TPSA) is 96.1 Å². The summed E-state index contributed by atoms with van der Waals surface area (Å²) in [5.74, 6) is 1.04. The van der Waals surface area contributed by atoms with Crippen LogP contribution in [0.1, 0.15) is 18.2 Å². The van der Waals surface area contributed by atoms with E-state index in [4.69, 9.17) is 4.74 Å². The van der Waals surface area contributed by atoms with Gasteiger partial charge in [0.15, 0.2) is 11.2 Å². The maximum Gasteiger partial charge on any atom is 0.279 e. The number of nitriles is 1. The molecule has 0 saturated heterocycles. The van der Waals surface area contributed by atoms with E-state index in [9.17, 15) is 10.1 Å². The van der Waals surface area contributed by atoms with Gasteiger partial charge in [0, 0.05) is 5.69 Å². The van der Waals surface area contributed by atoms with Gasteiger partial charge in [0.25, 0.3) is 5.56 Å². The summed E-state index contributed by atoms with van der Waals surface area (Å²) in [6.45, 7) is 4.21. The standard InChI is InChI=1S/C19H15N5O2/c1-3-26-14-7-5-4-6-13(14)17-22-18-16(19(25)23-17)21-15-9-8-12(10-20)11(2)24(15)18/h4-9H,3H2,1-2H3,(H,22,23,25). The molecule has 0 spiro atoms. The van der Waals surface area contributed by atoms with Gasteiger partial charge in [-0.3, -0.25) is 9.20 Å². The van der Waals surface area contributed by atoms with Gasteiger partial charge < -0.3 is 9.72 Å². The van der Waals surface area contributed by atoms with E-state index < -0.39 is 0 Å². The lowest BCUT2D eigenvalue weighted by Crippen LogP contribution is -2.11. The predicted molar refractivity (Wildman–Crippen MR) is 97.2 cm³/mol. The molecule has 0 aliphatic heterocycles. The van der Waals surface area contributed by atoms with Crippen molar-refractivity contribution < 1.29 is 4.74 Å². The lowest BCUT2D eigenvalue weighted by atomic mass is 10.2. The summed E-state index contributed by atoms with van der Waals surface area (Å²) >= 11 is 0. The first kappa shape index (κ1) is 15.8. The number of pyridine rings is 1. The molecular weight excluding hydrogens is 330 g/mol. The first-order chi connectivity index (χ1) is 12.6. The molecule has 0 fully saturated rings. The van der Waals surface area contributed by atoms with Crippen molar-refractivity contribution in [2.75, 3.05) is 6.61 Å². The highest BCUT2D eigenvalue weighted by Crippen LogP contribution is 2.27. The Kier molecular flexibility index (Phi) is 3.66. The van der Waals surface area contributed by atoms with Crippen molar-refractivity contribution in [1.82, 2.24) is 19.4 Å². The number of nitrogens with one attached hydrogen (secondary N) is 1. The second-order valence-electron chi connectivity index (χ2n) is 5.77. The minimum absolute atomic E-state index is 0.237. The average Bonchev–Trinajstić information content (AvgIpc) is 3.03. The van der Waals surface area contributed by atoms with Gasteiger partial charge in [-0.15, -0.1) is 0 Å². The molecule has 1 N–H and O–H groups in total. The number of ether oxygens (including phenoxy) is 1. The van der Waals surface area contributed by atoms with E-state index in [2.05, 4.69) is 21.0 Å². The number of H-pyrrole nitrogens is 1. The van der Waals surface area contributed by atoms with Crippen molar-refractivity contribution in [2.24, 2.45) is 0 Å². The number of aryl methyl sites for hydroxylation is 1. The number of hydrogen-bond acceptors (Lipinski definition) is 5. The normalized spacial score (nSPS) is 11.0. The van der Waals surface area contributed by atoms with Crippen molar-refractivity contribution in [3.05, 3.63) is 58.0 Å². The van der Waals surface area contributed by atoms with Crippen molar-refractivity contribution in [1.29, 1.82) is 5.26 Å². The number of fused-ring (bicyclic) bond motifs is 3. The Hall–Kier alpha value is -3.66. The van der Waals surface area contributed by atoms with Gasteiger partial charge in [0.1, 0.15) is 23.3 Å². The Morgan fingerprint density at radius 3 is 2.81 bits per heavy atom. The van der Waals surface area contributed by atoms with Crippen LogP contribution in [-0.2, 0) is 0 Å². The van der Waals surface area contributed by atoms with E-state index in [-0.39, 0.29) is 11.1 Å². The maximum absolute atomic E-state index is 12.6. The van der Waals surface area contributed by atoms with Crippen LogP contribution in [0.5, 0.6) is 5.75 Å². The maximum atomic E-state index is 12.6. The van der Waals surface area contributed by atoms with Crippen LogP contribution in [0.25, 0.3) is 28.2 Å². The van der Waals surface area contributed by atoms with Crippen molar-refractivity contribution in [2.45, 2.75) is 13.8 Å². The molecule has 0 aliphatic rings. The molecule has 0 saturated carbocycles. The predicted octanol–water partition coefficient (Wildman–Crippen LogP) is 2.82. The Bertz CT molecular complexity index is 1250. The zero-order valence-corrected chi connectivity index (χ0v) is 14.3. The molecule has 4 rings (SSSR count). The largest absolute Gasteiger partial charge is 0.493 e. The van der Waals surface area contributed by atoms with E-state index in [1.54, 1.807) is 16.5 Å². The highest BCUT2D eigenvalue weighted by Gasteiger charge is 2.16. The fraction of sp³-hybridized carbons (Fsp3) is 0.158. The summed E-state index contributed by atoms with van der Waals surface area (Å²) < 4.78 is 7.38. The second kappa shape index (κ2) is 6.01. The van der Waals surface area contributed by atoms with Crippen LogP contribution in [0.4, 0.5) is 0 Å². The minimum atomic E-state index is -0.335. The van der Waals surface area contributed by atoms with E-state index in [1.165, 1.54) is 0 Å². The minimum Gasteiger partial charge on any atom is -0.493 e. The Balaban J connectivity index is 2.07. The molecule has 0 aliphatic carbocycles. The second-order valence-corrected chi connectivity index (χ2v) is 5.77. The van der Waals surface area contributed by atoms with E-state index in [1.807, 2.05) is 38.1 Å². The lowest BCUT2D eigenvalue weighted by Gasteiger charge is -2.09. The highest BCUT2D eigenvalue weighted by atomic mass is 16.5. The third-order valence-electron chi connectivity index (χ3n) is 4.23. The molecule has 7 nitrogen and oxygen atoms in total. The molecule has 0 bridgehead atoms. The summed E-state index contributed by atoms with van der Waals surface area (Å²) in [6, 6.07) is 12.9. The third kappa shape index (κ3) is 2.31. The smallest absolute Gasteiger partial charge is 0.279 e. The quantitative estimate of drug-likeness (QED) is 0.616. The number of para-hydroxylation sites is 1. The molecular formula is C19H15N5O2. The summed E-state index contributed by atoms with van der Waals surface area (Å²) in [6.07, 6.45) is 0. The molecule has 4 aromatic rings. The third-order valence-corrected chi connectivity index (χ3v) is 4.23. The van der Waals surface area contributed by atoms with E-state index in [0.29, 0.717) is 46.3 Å². The van der Waals surface area contributed by atoms with Crippen LogP contribution < -0.4 is 10.3 Å². The first-order valence-corrected chi connectivity index (χ1v) is 8.18. The van der Waals surface area contributed by atoms with Gasteiger partial charge in [-0.05, 0) is 38.1 Å². The van der Waals surface area contributed by atoms with Gasteiger partial charge in [-0.1, -0.05) is 12.1 Å². The SMILES string of the molecule is CCOc1ccccc1-c1nc2c(nc3ccc(C#N)c(C)n32)c(=O)[nH]1. The van der Waals surface area contributed by atoms with Crippen molar-refractivity contribution in [3.63, 3.8) is 0 Å². The number of benzene rings is 1. The van der Waals surface area contributed by atoms with Gasteiger partial charge in [0.05, 0.1) is 17.7 Å². The molecule has 128 valence electrons. The number of aromatic nitrogens is 4. The molecule has 0 atom stereocenters. The van der Waals surface area contributed by atoms with E-state index >= 15 is 0 Å². The molecule has 7 heteroatoms. The summed E-state index contributed by atoms with van der Waals surface area (Å²) in [4.78, 5) is 24.4. The van der Waals surface area contributed by atoms with Crippen LogP contribution in [0, 0.1) is 18.3 Å². The summed E-state index contributed by atoms with van der Waals surface area (Å²) in [5, 5.41) is 9.28. The fourth-order valence-corrected chi connectivity index (χ4v) is 3.02. The molecule has 3 heterocycles. The highest BCUT2D eigenvalue weighted by molar-refractivity contribution is 5.79. The number of imidazole rings is 1. The van der Waals surface area contributed by atoms with Crippen LogP contribution in [0.3, 0.4) is 0 Å². The van der Waals surface area contributed by atoms with Gasteiger partial charge in [-0.25, -0.2) is 9.97 Å². The number of rotatable bonds is 3. The van der Waals surface area contributed by atoms with Crippen LogP contribution in [0.2, 0.25) is 0 Å². The Morgan fingerprint density at radius 1 is 1.23 bits per heavy atom. The molecule has 0 radical (unpaired) electrons. The number of aromatic amines is 1. The van der Waals surface area contributed by atoms with Crippen molar-refractivity contribution >= 4 is 16.8 Å². The average molecular weight is 345 g/mol. The number of nitrogens with zero attached hydrogens (tertiary/aromatic N) is 4. The molecule has 0 amide bonds. The van der Waals surface area contributed by atoms with Crippen LogP contribution in [0.15, 0.2) is 41.2 Å². The first-order valence-electron chi connectivity index (χ1n) is 8.18. The van der Waals surface area contributed by atoms with Crippen LogP contribution in [-0.4, -0.2) is 26.0 Å². The van der Waals surface area contributed by atoms with Gasteiger partial charge >= 0.3 is 0 Å².